The number of primary amides is 1. The molecule has 0 bridgehead atoms. The second kappa shape index (κ2) is 5.74. The quantitative estimate of drug-likeness (QED) is 0.740. The lowest BCUT2D eigenvalue weighted by molar-refractivity contribution is -0.0126. The molecular weight excluding hydrogens is 332 g/mol. The van der Waals surface area contributed by atoms with Gasteiger partial charge in [0, 0.05) is 18.2 Å². The van der Waals surface area contributed by atoms with Crippen molar-refractivity contribution in [2.75, 3.05) is 18.1 Å². The van der Waals surface area contributed by atoms with Gasteiger partial charge in [-0.2, -0.15) is 4.98 Å². The third kappa shape index (κ3) is 2.24. The number of ether oxygens (including phenoxy) is 2. The molecule has 2 aliphatic heterocycles. The average Bonchev–Trinajstić information content (AvgIpc) is 3.11. The Balaban J connectivity index is 1.75. The van der Waals surface area contributed by atoms with Crippen molar-refractivity contribution in [2.24, 2.45) is 5.73 Å². The van der Waals surface area contributed by atoms with E-state index in [1.807, 2.05) is 36.5 Å². The molecule has 1 aromatic carbocycles. The van der Waals surface area contributed by atoms with E-state index >= 15 is 0 Å². The number of nitrogens with two attached hydrogens (primary N) is 1. The molecule has 0 saturated carbocycles. The number of aromatic nitrogens is 2. The number of amides is 1. The van der Waals surface area contributed by atoms with Crippen LogP contribution in [0.4, 0.5) is 11.4 Å². The third-order valence-corrected chi connectivity index (χ3v) is 5.03. The fraction of sp³-hybridized carbons (Fsp3) is 0.263. The topological polar surface area (TPSA) is 93.5 Å². The van der Waals surface area contributed by atoms with Crippen molar-refractivity contribution in [1.29, 1.82) is 0 Å². The van der Waals surface area contributed by atoms with E-state index < -0.39 is 5.91 Å². The Labute approximate surface area is 149 Å². The van der Waals surface area contributed by atoms with E-state index in [-0.39, 0.29) is 12.1 Å². The van der Waals surface area contributed by atoms with Crippen molar-refractivity contribution in [3.63, 3.8) is 0 Å². The standard InChI is InChI=1S/C19H18N4O3/c20-17(24)12-3-1-2-4-13(12)23-14-6-8-25-10-16(14)26-19-15(23)9-11-5-7-21-18(11)22-19/h1-5,7,9,14,16H,6,8,10H2,(H2,20,24)(H,21,22)/t14-,16+/m1/s1. The maximum Gasteiger partial charge on any atom is 0.250 e. The lowest BCUT2D eigenvalue weighted by Crippen LogP contribution is -2.53. The van der Waals surface area contributed by atoms with Crippen LogP contribution in [0.25, 0.3) is 11.0 Å². The number of benzene rings is 1. The molecule has 26 heavy (non-hydrogen) atoms. The lowest BCUT2D eigenvalue weighted by atomic mass is 9.98. The van der Waals surface area contributed by atoms with Gasteiger partial charge in [0.25, 0.3) is 5.91 Å². The van der Waals surface area contributed by atoms with Crippen LogP contribution < -0.4 is 15.4 Å². The van der Waals surface area contributed by atoms with Crippen LogP contribution in [-0.2, 0) is 4.74 Å². The number of fused-ring (bicyclic) bond motifs is 3. The van der Waals surface area contributed by atoms with Gasteiger partial charge in [-0.05, 0) is 30.7 Å². The Morgan fingerprint density at radius 2 is 2.15 bits per heavy atom. The average molecular weight is 350 g/mol. The molecule has 3 aromatic rings. The van der Waals surface area contributed by atoms with Gasteiger partial charge in [-0.15, -0.1) is 0 Å². The van der Waals surface area contributed by atoms with E-state index in [9.17, 15) is 4.79 Å². The summed E-state index contributed by atoms with van der Waals surface area (Å²) in [5, 5.41) is 0.986. The number of H-pyrrole nitrogens is 1. The van der Waals surface area contributed by atoms with Crippen molar-refractivity contribution >= 4 is 28.3 Å². The fourth-order valence-electron chi connectivity index (χ4n) is 3.84. The number of para-hydroxylation sites is 1. The van der Waals surface area contributed by atoms with Crippen LogP contribution in [0, 0.1) is 0 Å². The molecule has 7 nitrogen and oxygen atoms in total. The highest BCUT2D eigenvalue weighted by molar-refractivity contribution is 6.00. The number of carbonyl (C=O) groups excluding carboxylic acids is 1. The first-order valence-corrected chi connectivity index (χ1v) is 8.63. The number of nitrogens with zero attached hydrogens (tertiary/aromatic N) is 2. The number of aromatic amines is 1. The van der Waals surface area contributed by atoms with Gasteiger partial charge in [0.05, 0.1) is 23.9 Å². The second-order valence-corrected chi connectivity index (χ2v) is 6.57. The van der Waals surface area contributed by atoms with Crippen LogP contribution in [0.1, 0.15) is 16.8 Å². The summed E-state index contributed by atoms with van der Waals surface area (Å²) in [6.45, 7) is 1.14. The van der Waals surface area contributed by atoms with Gasteiger partial charge in [0.1, 0.15) is 17.4 Å². The Morgan fingerprint density at radius 1 is 1.27 bits per heavy atom. The molecule has 4 heterocycles. The Bertz CT molecular complexity index is 999. The molecule has 5 rings (SSSR count). The molecule has 2 atom stereocenters. The molecular formula is C19H18N4O3. The molecule has 3 N–H and O–H groups in total. The summed E-state index contributed by atoms with van der Waals surface area (Å²) in [5.74, 6) is 0.0823. The second-order valence-electron chi connectivity index (χ2n) is 6.57. The minimum absolute atomic E-state index is 0.0509. The number of pyridine rings is 1. The first-order valence-electron chi connectivity index (χ1n) is 8.63. The predicted octanol–water partition coefficient (Wildman–Crippen LogP) is 2.35. The number of carbonyl (C=O) groups is 1. The van der Waals surface area contributed by atoms with Crippen LogP contribution in [0.5, 0.6) is 5.88 Å². The molecule has 1 saturated heterocycles. The maximum absolute atomic E-state index is 12.0. The number of hydrogen-bond donors (Lipinski definition) is 2. The molecule has 0 unspecified atom stereocenters. The molecule has 2 aliphatic rings. The van der Waals surface area contributed by atoms with Crippen LogP contribution in [0.3, 0.4) is 0 Å². The Hall–Kier alpha value is -3.06. The van der Waals surface area contributed by atoms with Crippen molar-refractivity contribution < 1.29 is 14.3 Å². The van der Waals surface area contributed by atoms with E-state index in [2.05, 4.69) is 14.9 Å². The number of hydrogen-bond acceptors (Lipinski definition) is 5. The summed E-state index contributed by atoms with van der Waals surface area (Å²) < 4.78 is 11.8. The SMILES string of the molecule is NC(=O)c1ccccc1N1c2cc3cc[nH]c3nc2O[C@H]2COCC[C@H]21. The summed E-state index contributed by atoms with van der Waals surface area (Å²) in [6.07, 6.45) is 2.49. The fourth-order valence-corrected chi connectivity index (χ4v) is 3.84. The highest BCUT2D eigenvalue weighted by atomic mass is 16.5. The molecule has 1 fully saturated rings. The highest BCUT2D eigenvalue weighted by Crippen LogP contribution is 2.44. The van der Waals surface area contributed by atoms with Crippen LogP contribution in [-0.4, -0.2) is 41.2 Å². The maximum atomic E-state index is 12.0. The summed E-state index contributed by atoms with van der Waals surface area (Å²) in [4.78, 5) is 21.9. The molecule has 132 valence electrons. The van der Waals surface area contributed by atoms with E-state index in [0.29, 0.717) is 24.7 Å². The van der Waals surface area contributed by atoms with Crippen molar-refractivity contribution in [3.8, 4) is 5.88 Å². The van der Waals surface area contributed by atoms with Gasteiger partial charge in [0.2, 0.25) is 5.88 Å². The molecule has 2 aromatic heterocycles. The van der Waals surface area contributed by atoms with Crippen molar-refractivity contribution in [3.05, 3.63) is 48.2 Å². The minimum atomic E-state index is -0.451. The zero-order valence-corrected chi connectivity index (χ0v) is 14.0. The molecule has 7 heteroatoms. The zero-order valence-electron chi connectivity index (χ0n) is 14.0. The van der Waals surface area contributed by atoms with E-state index in [1.54, 1.807) is 6.07 Å². The minimum Gasteiger partial charge on any atom is -0.468 e. The largest absolute Gasteiger partial charge is 0.468 e. The highest BCUT2D eigenvalue weighted by Gasteiger charge is 2.40. The summed E-state index contributed by atoms with van der Waals surface area (Å²) >= 11 is 0. The Kier molecular flexibility index (Phi) is 3.36. The molecule has 0 spiro atoms. The summed E-state index contributed by atoms with van der Waals surface area (Å²) in [7, 11) is 0. The molecule has 0 radical (unpaired) electrons. The van der Waals surface area contributed by atoms with Crippen LogP contribution in [0.2, 0.25) is 0 Å². The van der Waals surface area contributed by atoms with Gasteiger partial charge in [-0.25, -0.2) is 0 Å². The predicted molar refractivity (Wildman–Crippen MR) is 96.8 cm³/mol. The van der Waals surface area contributed by atoms with Crippen molar-refractivity contribution in [2.45, 2.75) is 18.6 Å². The van der Waals surface area contributed by atoms with E-state index in [0.717, 1.165) is 28.8 Å². The Morgan fingerprint density at radius 3 is 3.04 bits per heavy atom. The van der Waals surface area contributed by atoms with Crippen LogP contribution in [0.15, 0.2) is 42.6 Å². The van der Waals surface area contributed by atoms with Gasteiger partial charge in [0.15, 0.2) is 0 Å². The van der Waals surface area contributed by atoms with Crippen LogP contribution >= 0.6 is 0 Å². The first kappa shape index (κ1) is 15.2. The monoisotopic (exact) mass is 350 g/mol. The molecule has 0 aliphatic carbocycles. The van der Waals surface area contributed by atoms with Crippen molar-refractivity contribution in [1.82, 2.24) is 9.97 Å². The lowest BCUT2D eigenvalue weighted by Gasteiger charge is -2.45. The number of anilines is 2. The summed E-state index contributed by atoms with van der Waals surface area (Å²) in [6, 6.07) is 11.5. The third-order valence-electron chi connectivity index (χ3n) is 5.03. The first-order chi connectivity index (χ1) is 12.7. The van der Waals surface area contributed by atoms with Gasteiger partial charge in [-0.1, -0.05) is 12.1 Å². The normalized spacial score (nSPS) is 21.8. The number of rotatable bonds is 2. The smallest absolute Gasteiger partial charge is 0.250 e. The van der Waals surface area contributed by atoms with Gasteiger partial charge >= 0.3 is 0 Å². The van der Waals surface area contributed by atoms with Gasteiger partial charge < -0.3 is 25.1 Å². The molecule has 1 amide bonds. The van der Waals surface area contributed by atoms with Gasteiger partial charge in [-0.3, -0.25) is 4.79 Å². The van der Waals surface area contributed by atoms with E-state index in [1.165, 1.54) is 0 Å². The summed E-state index contributed by atoms with van der Waals surface area (Å²) in [5.41, 5.74) is 8.51. The van der Waals surface area contributed by atoms with E-state index in [4.69, 9.17) is 15.2 Å². The number of nitrogens with one attached hydrogen (secondary N) is 1. The zero-order chi connectivity index (χ0) is 17.7.